The van der Waals surface area contributed by atoms with Gasteiger partial charge in [0.1, 0.15) is 10.8 Å². The Morgan fingerprint density at radius 1 is 1.38 bits per heavy atom. The van der Waals surface area contributed by atoms with Crippen LogP contribution in [0.1, 0.15) is 36.8 Å². The Kier molecular flexibility index (Phi) is 5.51. The summed E-state index contributed by atoms with van der Waals surface area (Å²) in [5.74, 6) is 0.401. The lowest BCUT2D eigenvalue weighted by Gasteiger charge is -2.18. The first-order valence-electron chi connectivity index (χ1n) is 8.52. The molecule has 138 valence electrons. The number of carbonyl (C=O) groups excluding carboxylic acids is 2. The Bertz CT molecular complexity index is 805. The summed E-state index contributed by atoms with van der Waals surface area (Å²) < 4.78 is 5.33. The third-order valence-electron chi connectivity index (χ3n) is 4.30. The van der Waals surface area contributed by atoms with Gasteiger partial charge >= 0.3 is 0 Å². The molecule has 26 heavy (non-hydrogen) atoms. The third kappa shape index (κ3) is 4.01. The fraction of sp³-hybridized carbons (Fsp3) is 0.444. The number of likely N-dealkylation sites (tertiary alicyclic amines) is 1. The van der Waals surface area contributed by atoms with Crippen molar-refractivity contribution in [1.82, 2.24) is 15.1 Å². The van der Waals surface area contributed by atoms with E-state index in [0.29, 0.717) is 18.2 Å². The normalized spacial score (nSPS) is 17.0. The molecular weight excluding hydrogens is 352 g/mol. The van der Waals surface area contributed by atoms with E-state index in [1.54, 1.807) is 12.0 Å². The molecule has 3 rings (SSSR count). The second-order valence-corrected chi connectivity index (χ2v) is 7.59. The molecule has 1 atom stereocenters. The van der Waals surface area contributed by atoms with Gasteiger partial charge in [-0.15, -0.1) is 10.2 Å². The largest absolute Gasteiger partial charge is 0.496 e. The van der Waals surface area contributed by atoms with Crippen molar-refractivity contribution >= 4 is 28.3 Å². The number of carbonyl (C=O) groups is 2. The monoisotopic (exact) mass is 374 g/mol. The second kappa shape index (κ2) is 7.82. The van der Waals surface area contributed by atoms with Crippen LogP contribution in [0.3, 0.4) is 0 Å². The van der Waals surface area contributed by atoms with Crippen molar-refractivity contribution in [3.8, 4) is 5.75 Å². The molecule has 0 bridgehead atoms. The van der Waals surface area contributed by atoms with E-state index < -0.39 is 0 Å². The SMILES string of the molecule is COc1ccccc1CN1CC(C(=O)Nc2nnc(C(C)C)s2)CC1=O. The Morgan fingerprint density at radius 2 is 2.15 bits per heavy atom. The molecule has 1 aliphatic rings. The number of aromatic nitrogens is 2. The summed E-state index contributed by atoms with van der Waals surface area (Å²) in [5, 5.41) is 12.2. The summed E-state index contributed by atoms with van der Waals surface area (Å²) in [5.41, 5.74) is 0.926. The standard InChI is InChI=1S/C18H22N4O3S/c1-11(2)17-20-21-18(26-17)19-16(24)13-8-15(23)22(10-13)9-12-6-4-5-7-14(12)25-3/h4-7,11,13H,8-10H2,1-3H3,(H,19,21,24). The van der Waals surface area contributed by atoms with Gasteiger partial charge in [-0.25, -0.2) is 0 Å². The van der Waals surface area contributed by atoms with Gasteiger partial charge in [0, 0.05) is 31.0 Å². The smallest absolute Gasteiger partial charge is 0.231 e. The van der Waals surface area contributed by atoms with E-state index in [2.05, 4.69) is 15.5 Å². The molecule has 0 radical (unpaired) electrons. The maximum Gasteiger partial charge on any atom is 0.231 e. The van der Waals surface area contributed by atoms with E-state index >= 15 is 0 Å². The number of methoxy groups -OCH3 is 1. The van der Waals surface area contributed by atoms with Gasteiger partial charge in [-0.2, -0.15) is 0 Å². The molecule has 0 saturated carbocycles. The zero-order chi connectivity index (χ0) is 18.7. The number of nitrogens with one attached hydrogen (secondary N) is 1. The number of benzene rings is 1. The van der Waals surface area contributed by atoms with Gasteiger partial charge in [0.15, 0.2) is 0 Å². The van der Waals surface area contributed by atoms with Crippen molar-refractivity contribution in [3.05, 3.63) is 34.8 Å². The lowest BCUT2D eigenvalue weighted by Crippen LogP contribution is -2.28. The average Bonchev–Trinajstić information content (AvgIpc) is 3.23. The van der Waals surface area contributed by atoms with Crippen LogP contribution in [-0.2, 0) is 16.1 Å². The number of para-hydroxylation sites is 1. The van der Waals surface area contributed by atoms with E-state index in [1.807, 2.05) is 38.1 Å². The van der Waals surface area contributed by atoms with Crippen molar-refractivity contribution in [2.75, 3.05) is 19.0 Å². The topological polar surface area (TPSA) is 84.4 Å². The summed E-state index contributed by atoms with van der Waals surface area (Å²) >= 11 is 1.37. The van der Waals surface area contributed by atoms with E-state index in [4.69, 9.17) is 4.74 Å². The molecule has 0 spiro atoms. The fourth-order valence-electron chi connectivity index (χ4n) is 2.87. The second-order valence-electron chi connectivity index (χ2n) is 6.58. The van der Waals surface area contributed by atoms with E-state index in [-0.39, 0.29) is 30.1 Å². The van der Waals surface area contributed by atoms with Crippen LogP contribution in [-0.4, -0.2) is 40.6 Å². The highest BCUT2D eigenvalue weighted by atomic mass is 32.1. The van der Waals surface area contributed by atoms with Crippen LogP contribution in [0.15, 0.2) is 24.3 Å². The summed E-state index contributed by atoms with van der Waals surface area (Å²) in [6, 6.07) is 7.58. The molecule has 1 unspecified atom stereocenters. The summed E-state index contributed by atoms with van der Waals surface area (Å²) in [6.45, 7) is 4.87. The summed E-state index contributed by atoms with van der Waals surface area (Å²) in [4.78, 5) is 26.5. The number of hydrogen-bond donors (Lipinski definition) is 1. The quantitative estimate of drug-likeness (QED) is 0.840. The Hall–Kier alpha value is -2.48. The number of nitrogens with zero attached hydrogens (tertiary/aromatic N) is 3. The lowest BCUT2D eigenvalue weighted by atomic mass is 10.1. The van der Waals surface area contributed by atoms with Crippen molar-refractivity contribution in [2.24, 2.45) is 5.92 Å². The summed E-state index contributed by atoms with van der Waals surface area (Å²) in [7, 11) is 1.61. The summed E-state index contributed by atoms with van der Waals surface area (Å²) in [6.07, 6.45) is 0.205. The first-order valence-corrected chi connectivity index (χ1v) is 9.33. The minimum absolute atomic E-state index is 0.0313. The molecule has 1 aromatic carbocycles. The molecule has 2 heterocycles. The minimum Gasteiger partial charge on any atom is -0.496 e. The van der Waals surface area contributed by atoms with E-state index in [9.17, 15) is 9.59 Å². The Labute approximate surface area is 156 Å². The highest BCUT2D eigenvalue weighted by molar-refractivity contribution is 7.15. The van der Waals surface area contributed by atoms with Crippen molar-refractivity contribution in [2.45, 2.75) is 32.7 Å². The first kappa shape index (κ1) is 18.3. The van der Waals surface area contributed by atoms with Gasteiger partial charge in [-0.1, -0.05) is 43.4 Å². The Morgan fingerprint density at radius 3 is 2.85 bits per heavy atom. The van der Waals surface area contributed by atoms with Gasteiger partial charge in [0.25, 0.3) is 0 Å². The highest BCUT2D eigenvalue weighted by Crippen LogP contribution is 2.27. The number of rotatable bonds is 6. The molecule has 0 aliphatic carbocycles. The van der Waals surface area contributed by atoms with Crippen LogP contribution in [0.5, 0.6) is 5.75 Å². The average molecular weight is 374 g/mol. The van der Waals surface area contributed by atoms with Crippen LogP contribution in [0.2, 0.25) is 0 Å². The van der Waals surface area contributed by atoms with Crippen LogP contribution in [0.25, 0.3) is 0 Å². The maximum atomic E-state index is 12.5. The van der Waals surface area contributed by atoms with Gasteiger partial charge in [0.2, 0.25) is 16.9 Å². The molecule has 1 N–H and O–H groups in total. The predicted octanol–water partition coefficient (Wildman–Crippen LogP) is 2.66. The number of ether oxygens (including phenoxy) is 1. The van der Waals surface area contributed by atoms with Crippen LogP contribution < -0.4 is 10.1 Å². The molecule has 2 amide bonds. The molecule has 1 aliphatic heterocycles. The zero-order valence-electron chi connectivity index (χ0n) is 15.1. The molecule has 1 aromatic heterocycles. The van der Waals surface area contributed by atoms with E-state index in [0.717, 1.165) is 16.3 Å². The minimum atomic E-state index is -0.386. The number of amides is 2. The van der Waals surface area contributed by atoms with Gasteiger partial charge in [0.05, 0.1) is 13.0 Å². The maximum absolute atomic E-state index is 12.5. The van der Waals surface area contributed by atoms with Crippen molar-refractivity contribution < 1.29 is 14.3 Å². The molecule has 8 heteroatoms. The van der Waals surface area contributed by atoms with Gasteiger partial charge in [-0.3, -0.25) is 9.59 Å². The number of hydrogen-bond acceptors (Lipinski definition) is 6. The predicted molar refractivity (Wildman–Crippen MR) is 99.1 cm³/mol. The lowest BCUT2D eigenvalue weighted by molar-refractivity contribution is -0.128. The van der Waals surface area contributed by atoms with Crippen molar-refractivity contribution in [1.29, 1.82) is 0 Å². The number of anilines is 1. The molecule has 7 nitrogen and oxygen atoms in total. The van der Waals surface area contributed by atoms with Crippen LogP contribution in [0.4, 0.5) is 5.13 Å². The van der Waals surface area contributed by atoms with Crippen molar-refractivity contribution in [3.63, 3.8) is 0 Å². The zero-order valence-corrected chi connectivity index (χ0v) is 15.9. The van der Waals surface area contributed by atoms with Gasteiger partial charge in [-0.05, 0) is 6.07 Å². The van der Waals surface area contributed by atoms with Crippen LogP contribution >= 0.6 is 11.3 Å². The fourth-order valence-corrected chi connectivity index (χ4v) is 3.61. The Balaban J connectivity index is 1.62. The molecule has 2 aromatic rings. The third-order valence-corrected chi connectivity index (χ3v) is 5.44. The molecule has 1 fully saturated rings. The van der Waals surface area contributed by atoms with E-state index in [1.165, 1.54) is 11.3 Å². The highest BCUT2D eigenvalue weighted by Gasteiger charge is 2.35. The van der Waals surface area contributed by atoms with Crippen LogP contribution in [0, 0.1) is 5.92 Å². The molecular formula is C18H22N4O3S. The first-order chi connectivity index (χ1) is 12.5. The van der Waals surface area contributed by atoms with Gasteiger partial charge < -0.3 is 15.0 Å². The molecule has 1 saturated heterocycles.